The second-order valence-electron chi connectivity index (χ2n) is 13.5. The molecule has 1 saturated heterocycles. The molecule has 0 aromatic rings. The lowest BCUT2D eigenvalue weighted by atomic mass is 10.0. The van der Waals surface area contributed by atoms with Crippen LogP contribution < -0.4 is 38.1 Å². The number of nitrogens with one attached hydrogen (secondary N) is 5. The summed E-state index contributed by atoms with van der Waals surface area (Å²) in [5.74, 6) is -6.32. The number of likely N-dealkylation sites (tertiary alicyclic amines) is 1. The molecule has 292 valence electrons. The van der Waals surface area contributed by atoms with Crippen molar-refractivity contribution in [2.75, 3.05) is 32.9 Å². The molecule has 0 aromatic carbocycles. The first-order valence-electron chi connectivity index (χ1n) is 17.3. The Morgan fingerprint density at radius 3 is 1.65 bits per heavy atom. The minimum absolute atomic E-state index is 0.0587. The lowest BCUT2D eigenvalue weighted by Crippen LogP contribution is -2.60. The molecule has 1 aliphatic heterocycles. The van der Waals surface area contributed by atoms with Crippen LogP contribution in [0.2, 0.25) is 0 Å². The normalized spacial score (nSPS) is 17.9. The van der Waals surface area contributed by atoms with Gasteiger partial charge in [0, 0.05) is 6.54 Å². The summed E-state index contributed by atoms with van der Waals surface area (Å²) in [5.41, 5.74) is 11.3. The van der Waals surface area contributed by atoms with Crippen molar-refractivity contribution in [1.29, 1.82) is 0 Å². The second kappa shape index (κ2) is 22.8. The summed E-state index contributed by atoms with van der Waals surface area (Å²) in [6.45, 7) is 5.31. The van der Waals surface area contributed by atoms with Crippen LogP contribution in [0.3, 0.4) is 0 Å². The van der Waals surface area contributed by atoms with E-state index in [0.29, 0.717) is 32.2 Å². The predicted molar refractivity (Wildman–Crippen MR) is 183 cm³/mol. The topological polar surface area (TPSA) is 316 Å². The molecule has 1 fully saturated rings. The molecular weight excluding hydrogens is 672 g/mol. The number of hydrogen-bond donors (Lipinski definition) is 11. The van der Waals surface area contributed by atoms with Crippen LogP contribution in [0.1, 0.15) is 72.6 Å². The average molecular weight is 731 g/mol. The number of aliphatic hydroxyl groups excluding tert-OH is 3. The number of aliphatic carboxylic acids is 1. The van der Waals surface area contributed by atoms with Gasteiger partial charge in [0.1, 0.15) is 42.3 Å². The molecule has 1 rings (SSSR count). The van der Waals surface area contributed by atoms with Crippen LogP contribution in [-0.2, 0) is 33.6 Å². The van der Waals surface area contributed by atoms with Gasteiger partial charge in [-0.15, -0.1) is 0 Å². The van der Waals surface area contributed by atoms with Gasteiger partial charge in [-0.05, 0) is 63.3 Å². The van der Waals surface area contributed by atoms with Crippen LogP contribution in [0.5, 0.6) is 0 Å². The van der Waals surface area contributed by atoms with E-state index >= 15 is 0 Å². The maximum atomic E-state index is 13.6. The zero-order valence-electron chi connectivity index (χ0n) is 29.9. The number of carboxylic acid groups (broad SMARTS) is 1. The molecule has 19 heteroatoms. The monoisotopic (exact) mass is 730 g/mol. The van der Waals surface area contributed by atoms with Gasteiger partial charge in [0.05, 0.1) is 19.8 Å². The number of aliphatic hydroxyl groups is 3. The number of hydrogen-bond acceptors (Lipinski definition) is 12. The molecule has 51 heavy (non-hydrogen) atoms. The summed E-state index contributed by atoms with van der Waals surface area (Å²) in [7, 11) is 0. The molecule has 0 spiro atoms. The molecule has 6 amide bonds. The van der Waals surface area contributed by atoms with Gasteiger partial charge in [0.15, 0.2) is 0 Å². The molecule has 0 bridgehead atoms. The Morgan fingerprint density at radius 1 is 0.686 bits per heavy atom. The third-order valence-electron chi connectivity index (χ3n) is 8.23. The maximum Gasteiger partial charge on any atom is 0.328 e. The summed E-state index contributed by atoms with van der Waals surface area (Å²) in [5, 5.41) is 50.1. The highest BCUT2D eigenvalue weighted by Crippen LogP contribution is 2.19. The summed E-state index contributed by atoms with van der Waals surface area (Å²) in [6, 6.07) is -8.94. The number of nitrogens with two attached hydrogens (primary N) is 2. The third kappa shape index (κ3) is 15.1. The van der Waals surface area contributed by atoms with Crippen molar-refractivity contribution >= 4 is 41.4 Å². The average Bonchev–Trinajstić information content (AvgIpc) is 3.57. The van der Waals surface area contributed by atoms with Crippen LogP contribution in [-0.4, -0.2) is 142 Å². The largest absolute Gasteiger partial charge is 0.480 e. The molecule has 0 saturated carbocycles. The van der Waals surface area contributed by atoms with E-state index in [2.05, 4.69) is 26.6 Å². The molecule has 1 aliphatic rings. The summed E-state index contributed by atoms with van der Waals surface area (Å²) >= 11 is 0. The number of carboxylic acids is 1. The van der Waals surface area contributed by atoms with Crippen molar-refractivity contribution < 1.29 is 54.0 Å². The molecular formula is C32H58N8O11. The highest BCUT2D eigenvalue weighted by molar-refractivity contribution is 5.97. The Morgan fingerprint density at radius 2 is 1.16 bits per heavy atom. The van der Waals surface area contributed by atoms with Crippen molar-refractivity contribution in [3.05, 3.63) is 0 Å². The molecule has 19 nitrogen and oxygen atoms in total. The number of unbranched alkanes of at least 4 members (excludes halogenated alkanes) is 1. The first-order chi connectivity index (χ1) is 24.0. The zero-order chi connectivity index (χ0) is 38.8. The van der Waals surface area contributed by atoms with E-state index in [4.69, 9.17) is 11.5 Å². The van der Waals surface area contributed by atoms with Crippen molar-refractivity contribution in [2.45, 2.75) is 115 Å². The Balaban J connectivity index is 3.16. The van der Waals surface area contributed by atoms with Crippen LogP contribution in [0, 0.1) is 11.8 Å². The van der Waals surface area contributed by atoms with Crippen molar-refractivity contribution in [3.63, 3.8) is 0 Å². The van der Waals surface area contributed by atoms with Gasteiger partial charge in [0.25, 0.3) is 0 Å². The fourth-order valence-corrected chi connectivity index (χ4v) is 5.50. The number of carbonyl (C=O) groups excluding carboxylic acids is 6. The van der Waals surface area contributed by atoms with Crippen LogP contribution >= 0.6 is 0 Å². The zero-order valence-corrected chi connectivity index (χ0v) is 29.9. The summed E-state index contributed by atoms with van der Waals surface area (Å²) in [6.07, 6.45) is 2.03. The summed E-state index contributed by atoms with van der Waals surface area (Å²) in [4.78, 5) is 91.7. The molecule has 1 heterocycles. The quantitative estimate of drug-likeness (QED) is 0.0448. The number of rotatable bonds is 23. The number of carbonyl (C=O) groups is 7. The van der Waals surface area contributed by atoms with Gasteiger partial charge in [-0.3, -0.25) is 28.8 Å². The van der Waals surface area contributed by atoms with Crippen LogP contribution in [0.4, 0.5) is 0 Å². The summed E-state index contributed by atoms with van der Waals surface area (Å²) < 4.78 is 0. The Labute approximate surface area is 298 Å². The Bertz CT molecular complexity index is 1190. The van der Waals surface area contributed by atoms with E-state index in [0.717, 1.165) is 0 Å². The third-order valence-corrected chi connectivity index (χ3v) is 8.23. The smallest absolute Gasteiger partial charge is 0.328 e. The van der Waals surface area contributed by atoms with Gasteiger partial charge < -0.3 is 63.4 Å². The lowest BCUT2D eigenvalue weighted by Gasteiger charge is -2.29. The minimum atomic E-state index is -1.62. The molecule has 0 radical (unpaired) electrons. The van der Waals surface area contributed by atoms with E-state index in [9.17, 15) is 54.0 Å². The maximum absolute atomic E-state index is 13.6. The highest BCUT2D eigenvalue weighted by atomic mass is 16.4. The fraction of sp³-hybridized carbons (Fsp3) is 0.781. The minimum Gasteiger partial charge on any atom is -0.480 e. The fourth-order valence-electron chi connectivity index (χ4n) is 5.50. The van der Waals surface area contributed by atoms with Gasteiger partial charge in [-0.2, -0.15) is 0 Å². The van der Waals surface area contributed by atoms with Crippen LogP contribution in [0.25, 0.3) is 0 Å². The van der Waals surface area contributed by atoms with E-state index in [1.54, 1.807) is 13.8 Å². The first kappa shape index (κ1) is 45.1. The van der Waals surface area contributed by atoms with Crippen molar-refractivity contribution in [1.82, 2.24) is 31.5 Å². The molecule has 0 aliphatic carbocycles. The van der Waals surface area contributed by atoms with Crippen molar-refractivity contribution in [3.8, 4) is 0 Å². The standard InChI is InChI=1S/C32H58N8O11/c1-17(2)12-21(28(46)39-24(16-43)32(50)51)36-29(47)23(15-42)38-26(44)20(8-5-6-10-33)35-27(45)22(13-18(3)4)37-30(48)25-9-7-11-40(25)31(49)19(34)14-41/h17-25,41-43H,5-16,33-34H2,1-4H3,(H,35,45)(H,36,47)(H,37,48)(H,38,44)(H,39,46)(H,50,51)/t19-,20-,21-,22-,23-,24-,25-/m0/s1. The first-order valence-corrected chi connectivity index (χ1v) is 17.3. The molecule has 0 aromatic heterocycles. The van der Waals surface area contributed by atoms with Crippen LogP contribution in [0.15, 0.2) is 0 Å². The van der Waals surface area contributed by atoms with Gasteiger partial charge in [-0.1, -0.05) is 27.7 Å². The van der Waals surface area contributed by atoms with E-state index in [-0.39, 0.29) is 37.6 Å². The van der Waals surface area contributed by atoms with Gasteiger partial charge in [0.2, 0.25) is 35.4 Å². The lowest BCUT2D eigenvalue weighted by molar-refractivity contribution is -0.143. The number of nitrogens with zero attached hydrogens (tertiary/aromatic N) is 1. The molecule has 0 unspecified atom stereocenters. The number of amides is 6. The predicted octanol–water partition coefficient (Wildman–Crippen LogP) is -3.99. The SMILES string of the molecule is CC(C)C[C@H](NC(=O)[C@H](CO)NC(=O)[C@H](CCCCN)NC(=O)[C@H](CC(C)C)NC(=O)[C@@H]1CCCN1C(=O)[C@@H](N)CO)C(=O)N[C@@H](CO)C(=O)O. The Hall–Kier alpha value is -3.91. The van der Waals surface area contributed by atoms with Gasteiger partial charge in [-0.25, -0.2) is 4.79 Å². The van der Waals surface area contributed by atoms with E-state index in [1.807, 2.05) is 13.8 Å². The van der Waals surface area contributed by atoms with E-state index < -0.39 is 104 Å². The van der Waals surface area contributed by atoms with Gasteiger partial charge >= 0.3 is 5.97 Å². The molecule has 7 atom stereocenters. The van der Waals surface area contributed by atoms with E-state index in [1.165, 1.54) is 4.90 Å². The molecule has 13 N–H and O–H groups in total. The highest BCUT2D eigenvalue weighted by Gasteiger charge is 2.38. The Kier molecular flexibility index (Phi) is 20.2. The second-order valence-corrected chi connectivity index (χ2v) is 13.5. The van der Waals surface area contributed by atoms with Crippen molar-refractivity contribution in [2.24, 2.45) is 23.3 Å².